The van der Waals surface area contributed by atoms with Crippen LogP contribution in [0.4, 0.5) is 0 Å². The van der Waals surface area contributed by atoms with Crippen LogP contribution in [-0.4, -0.2) is 28.4 Å². The van der Waals surface area contributed by atoms with Gasteiger partial charge in [0.15, 0.2) is 0 Å². The number of thiazole rings is 1. The summed E-state index contributed by atoms with van der Waals surface area (Å²) in [6.45, 7) is 7.21. The van der Waals surface area contributed by atoms with Crippen molar-refractivity contribution in [3.63, 3.8) is 0 Å². The van der Waals surface area contributed by atoms with E-state index in [1.54, 1.807) is 22.7 Å². The van der Waals surface area contributed by atoms with E-state index in [4.69, 9.17) is 0 Å². The highest BCUT2D eigenvalue weighted by molar-refractivity contribution is 7.20. The van der Waals surface area contributed by atoms with Gasteiger partial charge in [0.1, 0.15) is 5.01 Å². The minimum absolute atomic E-state index is 0.189. The van der Waals surface area contributed by atoms with Gasteiger partial charge < -0.3 is 4.90 Å². The fourth-order valence-corrected chi connectivity index (χ4v) is 3.99. The first-order valence-electron chi connectivity index (χ1n) is 7.89. The lowest BCUT2D eigenvalue weighted by atomic mass is 10.2. The maximum Gasteiger partial charge on any atom is 0.228 e. The third kappa shape index (κ3) is 4.65. The van der Waals surface area contributed by atoms with Gasteiger partial charge in [-0.3, -0.25) is 4.79 Å². The molecule has 120 valence electrons. The number of hydrogen-bond acceptors (Lipinski definition) is 4. The first-order chi connectivity index (χ1) is 10.6. The standard InChI is InChI=1S/C17H24N2OS2/c1-4-5-6-9-19(13(2)3)16(20)11-14-12-22-17(18-14)15-8-7-10-21-15/h7-8,10,12-13H,4-6,9,11H2,1-3H3. The molecule has 0 aliphatic heterocycles. The summed E-state index contributed by atoms with van der Waals surface area (Å²) in [6, 6.07) is 4.35. The minimum atomic E-state index is 0.189. The van der Waals surface area contributed by atoms with E-state index < -0.39 is 0 Å². The lowest BCUT2D eigenvalue weighted by Gasteiger charge is -2.26. The van der Waals surface area contributed by atoms with Gasteiger partial charge in [-0.05, 0) is 31.7 Å². The van der Waals surface area contributed by atoms with Gasteiger partial charge in [-0.15, -0.1) is 22.7 Å². The van der Waals surface area contributed by atoms with Crippen LogP contribution < -0.4 is 0 Å². The average molecular weight is 337 g/mol. The van der Waals surface area contributed by atoms with Crippen LogP contribution in [0, 0.1) is 0 Å². The van der Waals surface area contributed by atoms with Gasteiger partial charge in [-0.1, -0.05) is 25.8 Å². The SMILES string of the molecule is CCCCCN(C(=O)Cc1csc(-c2cccs2)n1)C(C)C. The number of thiophene rings is 1. The summed E-state index contributed by atoms with van der Waals surface area (Å²) in [7, 11) is 0. The van der Waals surface area contributed by atoms with Crippen LogP contribution >= 0.6 is 22.7 Å². The number of carbonyl (C=O) groups is 1. The Hall–Kier alpha value is -1.20. The molecule has 2 aromatic heterocycles. The summed E-state index contributed by atoms with van der Waals surface area (Å²) in [5, 5.41) is 5.08. The molecule has 2 aromatic rings. The van der Waals surface area contributed by atoms with Crippen LogP contribution in [0.25, 0.3) is 9.88 Å². The van der Waals surface area contributed by atoms with E-state index >= 15 is 0 Å². The zero-order valence-electron chi connectivity index (χ0n) is 13.5. The molecule has 0 fully saturated rings. The van der Waals surface area contributed by atoms with Crippen LogP contribution in [-0.2, 0) is 11.2 Å². The maximum absolute atomic E-state index is 12.5. The van der Waals surface area contributed by atoms with Crippen molar-refractivity contribution in [2.45, 2.75) is 52.5 Å². The molecule has 1 amide bonds. The van der Waals surface area contributed by atoms with E-state index in [1.165, 1.54) is 17.7 Å². The second-order valence-electron chi connectivity index (χ2n) is 5.69. The van der Waals surface area contributed by atoms with E-state index in [9.17, 15) is 4.79 Å². The molecule has 0 atom stereocenters. The monoisotopic (exact) mass is 336 g/mol. The first kappa shape index (κ1) is 17.2. The van der Waals surface area contributed by atoms with Crippen LogP contribution in [0.3, 0.4) is 0 Å². The van der Waals surface area contributed by atoms with Crippen molar-refractivity contribution in [1.29, 1.82) is 0 Å². The average Bonchev–Trinajstić information content (AvgIpc) is 3.13. The highest BCUT2D eigenvalue weighted by Crippen LogP contribution is 2.28. The summed E-state index contributed by atoms with van der Waals surface area (Å²) in [5.41, 5.74) is 0.888. The summed E-state index contributed by atoms with van der Waals surface area (Å²) in [4.78, 5) is 20.3. The van der Waals surface area contributed by atoms with Crippen molar-refractivity contribution in [2.75, 3.05) is 6.54 Å². The molecular formula is C17H24N2OS2. The van der Waals surface area contributed by atoms with Crippen molar-refractivity contribution in [3.8, 4) is 9.88 Å². The Kier molecular flexibility index (Phi) is 6.58. The molecule has 0 aliphatic rings. The molecule has 0 radical (unpaired) electrons. The number of amides is 1. The quantitative estimate of drug-likeness (QED) is 0.646. The number of hydrogen-bond donors (Lipinski definition) is 0. The van der Waals surface area contributed by atoms with Crippen LogP contribution in [0.1, 0.15) is 45.7 Å². The summed E-state index contributed by atoms with van der Waals surface area (Å²) in [6.07, 6.45) is 3.84. The van der Waals surface area contributed by atoms with E-state index in [0.717, 1.165) is 23.7 Å². The van der Waals surface area contributed by atoms with Crippen molar-refractivity contribution in [3.05, 3.63) is 28.6 Å². The second kappa shape index (κ2) is 8.44. The van der Waals surface area contributed by atoms with Gasteiger partial charge >= 0.3 is 0 Å². The van der Waals surface area contributed by atoms with Crippen LogP contribution in [0.2, 0.25) is 0 Å². The zero-order chi connectivity index (χ0) is 15.9. The van der Waals surface area contributed by atoms with Crippen LogP contribution in [0.5, 0.6) is 0 Å². The summed E-state index contributed by atoms with van der Waals surface area (Å²) >= 11 is 3.31. The number of aromatic nitrogens is 1. The Morgan fingerprint density at radius 1 is 1.32 bits per heavy atom. The Labute approximate surface area is 141 Å². The Bertz CT molecular complexity index is 575. The number of rotatable bonds is 8. The lowest BCUT2D eigenvalue weighted by molar-refractivity contribution is -0.132. The third-order valence-corrected chi connectivity index (χ3v) is 5.49. The lowest BCUT2D eigenvalue weighted by Crippen LogP contribution is -2.38. The molecule has 0 aromatic carbocycles. The maximum atomic E-state index is 12.5. The fraction of sp³-hybridized carbons (Fsp3) is 0.529. The molecule has 2 heterocycles. The normalized spacial score (nSPS) is 11.1. The minimum Gasteiger partial charge on any atom is -0.340 e. The van der Waals surface area contributed by atoms with Gasteiger partial charge in [0, 0.05) is 18.0 Å². The molecule has 0 saturated carbocycles. The van der Waals surface area contributed by atoms with Gasteiger partial charge in [0.25, 0.3) is 0 Å². The van der Waals surface area contributed by atoms with Crippen molar-refractivity contribution < 1.29 is 4.79 Å². The van der Waals surface area contributed by atoms with Gasteiger partial charge in [-0.25, -0.2) is 4.98 Å². The predicted octanol–water partition coefficient (Wildman–Crippen LogP) is 4.84. The topological polar surface area (TPSA) is 33.2 Å². The summed E-state index contributed by atoms with van der Waals surface area (Å²) < 4.78 is 0. The molecule has 0 unspecified atom stereocenters. The Balaban J connectivity index is 1.97. The van der Waals surface area contributed by atoms with E-state index in [-0.39, 0.29) is 11.9 Å². The molecule has 0 aliphatic carbocycles. The number of carbonyl (C=O) groups excluding carboxylic acids is 1. The van der Waals surface area contributed by atoms with Gasteiger partial charge in [0.05, 0.1) is 17.0 Å². The van der Waals surface area contributed by atoms with E-state index in [0.29, 0.717) is 6.42 Å². The smallest absolute Gasteiger partial charge is 0.228 e. The van der Waals surface area contributed by atoms with Crippen molar-refractivity contribution in [2.24, 2.45) is 0 Å². The number of unbranched alkanes of at least 4 members (excludes halogenated alkanes) is 2. The Morgan fingerprint density at radius 3 is 2.77 bits per heavy atom. The van der Waals surface area contributed by atoms with E-state index in [1.807, 2.05) is 16.3 Å². The highest BCUT2D eigenvalue weighted by Gasteiger charge is 2.18. The molecule has 0 spiro atoms. The Morgan fingerprint density at radius 2 is 2.14 bits per heavy atom. The molecule has 0 saturated heterocycles. The molecular weight excluding hydrogens is 312 g/mol. The zero-order valence-corrected chi connectivity index (χ0v) is 15.2. The third-order valence-electron chi connectivity index (χ3n) is 3.56. The molecule has 3 nitrogen and oxygen atoms in total. The molecule has 5 heteroatoms. The molecule has 0 N–H and O–H groups in total. The van der Waals surface area contributed by atoms with Crippen LogP contribution in [0.15, 0.2) is 22.9 Å². The predicted molar refractivity (Wildman–Crippen MR) is 95.5 cm³/mol. The number of nitrogens with zero attached hydrogens (tertiary/aromatic N) is 2. The highest BCUT2D eigenvalue weighted by atomic mass is 32.1. The largest absolute Gasteiger partial charge is 0.340 e. The second-order valence-corrected chi connectivity index (χ2v) is 7.49. The summed E-state index contributed by atoms with van der Waals surface area (Å²) in [5.74, 6) is 0.189. The molecule has 0 bridgehead atoms. The van der Waals surface area contributed by atoms with Crippen molar-refractivity contribution in [1.82, 2.24) is 9.88 Å². The molecule has 22 heavy (non-hydrogen) atoms. The molecule has 2 rings (SSSR count). The van der Waals surface area contributed by atoms with E-state index in [2.05, 4.69) is 37.2 Å². The first-order valence-corrected chi connectivity index (χ1v) is 9.65. The van der Waals surface area contributed by atoms with Gasteiger partial charge in [-0.2, -0.15) is 0 Å². The van der Waals surface area contributed by atoms with Gasteiger partial charge in [0.2, 0.25) is 5.91 Å². The van der Waals surface area contributed by atoms with Crippen molar-refractivity contribution >= 4 is 28.6 Å². The fourth-order valence-electron chi connectivity index (χ4n) is 2.36.